The van der Waals surface area contributed by atoms with Gasteiger partial charge in [0.15, 0.2) is 6.61 Å². The summed E-state index contributed by atoms with van der Waals surface area (Å²) >= 11 is 7.01. The number of rotatable bonds is 9. The van der Waals surface area contributed by atoms with E-state index in [2.05, 4.69) is 10.6 Å². The highest BCUT2D eigenvalue weighted by molar-refractivity contribution is 8.00. The van der Waals surface area contributed by atoms with Gasteiger partial charge >= 0.3 is 5.97 Å². The molecule has 0 radical (unpaired) electrons. The van der Waals surface area contributed by atoms with Gasteiger partial charge in [-0.1, -0.05) is 29.8 Å². The van der Waals surface area contributed by atoms with Crippen LogP contribution < -0.4 is 15.4 Å². The summed E-state index contributed by atoms with van der Waals surface area (Å²) in [5.74, 6) is -0.656. The molecule has 0 heterocycles. The molecule has 0 saturated heterocycles. The minimum Gasteiger partial charge on any atom is -0.497 e. The largest absolute Gasteiger partial charge is 0.497 e. The lowest BCUT2D eigenvalue weighted by Crippen LogP contribution is -2.21. The maximum absolute atomic E-state index is 12.5. The molecule has 2 amide bonds. The first-order valence-electron chi connectivity index (χ1n) is 9.83. The average molecular weight is 485 g/mol. The first kappa shape index (κ1) is 24.2. The first-order chi connectivity index (χ1) is 15.9. The number of anilines is 2. The van der Waals surface area contributed by atoms with Crippen LogP contribution in [0.25, 0.3) is 0 Å². The molecule has 0 fully saturated rings. The highest BCUT2D eigenvalue weighted by atomic mass is 35.5. The summed E-state index contributed by atoms with van der Waals surface area (Å²) < 4.78 is 10.3. The molecule has 170 valence electrons. The number of nitrogens with one attached hydrogen (secondary N) is 2. The predicted molar refractivity (Wildman–Crippen MR) is 129 cm³/mol. The van der Waals surface area contributed by atoms with Crippen molar-refractivity contribution in [1.29, 1.82) is 0 Å². The van der Waals surface area contributed by atoms with Gasteiger partial charge in [0.05, 0.1) is 18.4 Å². The van der Waals surface area contributed by atoms with Crippen LogP contribution in [0.2, 0.25) is 5.02 Å². The van der Waals surface area contributed by atoms with Crippen molar-refractivity contribution >= 4 is 52.5 Å². The molecule has 0 bridgehead atoms. The fourth-order valence-corrected chi connectivity index (χ4v) is 3.71. The van der Waals surface area contributed by atoms with Crippen molar-refractivity contribution in [2.24, 2.45) is 0 Å². The summed E-state index contributed by atoms with van der Waals surface area (Å²) in [6, 6.07) is 20.3. The Morgan fingerprint density at radius 1 is 0.879 bits per heavy atom. The maximum Gasteiger partial charge on any atom is 0.339 e. The van der Waals surface area contributed by atoms with Gasteiger partial charge in [0.25, 0.3) is 5.91 Å². The summed E-state index contributed by atoms with van der Waals surface area (Å²) in [7, 11) is 1.55. The molecular weight excluding hydrogens is 464 g/mol. The topological polar surface area (TPSA) is 93.7 Å². The number of esters is 1. The third-order valence-electron chi connectivity index (χ3n) is 4.28. The van der Waals surface area contributed by atoms with Crippen LogP contribution in [0.1, 0.15) is 10.4 Å². The molecule has 0 aliphatic heterocycles. The fraction of sp³-hybridized carbons (Fsp3) is 0.125. The predicted octanol–water partition coefficient (Wildman–Crippen LogP) is 4.87. The van der Waals surface area contributed by atoms with Gasteiger partial charge < -0.3 is 20.1 Å². The standard InChI is InChI=1S/C24H21ClN2O5S/c1-31-19-6-4-5-18(13-19)27-23(29)15-33-21-8-3-2-7-20(21)24(30)32-14-22(28)26-17-11-9-16(25)10-12-17/h2-13H,14-15H2,1H3,(H,26,28)(H,27,29). The number of hydrogen-bond donors (Lipinski definition) is 2. The van der Waals surface area contributed by atoms with Gasteiger partial charge in [-0.15, -0.1) is 11.8 Å². The lowest BCUT2D eigenvalue weighted by Gasteiger charge is -2.10. The molecular formula is C24H21ClN2O5S. The summed E-state index contributed by atoms with van der Waals surface area (Å²) in [5, 5.41) is 5.95. The van der Waals surface area contributed by atoms with Crippen molar-refractivity contribution in [3.05, 3.63) is 83.4 Å². The van der Waals surface area contributed by atoms with E-state index in [1.54, 1.807) is 79.9 Å². The van der Waals surface area contributed by atoms with E-state index in [1.807, 2.05) is 0 Å². The van der Waals surface area contributed by atoms with Crippen LogP contribution in [0.4, 0.5) is 11.4 Å². The second-order valence-electron chi connectivity index (χ2n) is 6.70. The second-order valence-corrected chi connectivity index (χ2v) is 8.15. The van der Waals surface area contributed by atoms with Crippen LogP contribution in [0.5, 0.6) is 5.75 Å². The lowest BCUT2D eigenvalue weighted by molar-refractivity contribution is -0.119. The number of hydrogen-bond acceptors (Lipinski definition) is 6. The minimum atomic E-state index is -0.655. The van der Waals surface area contributed by atoms with Gasteiger partial charge in [-0.25, -0.2) is 4.79 Å². The van der Waals surface area contributed by atoms with E-state index < -0.39 is 18.5 Å². The summed E-state index contributed by atoms with van der Waals surface area (Å²) in [4.78, 5) is 37.5. The van der Waals surface area contributed by atoms with Crippen LogP contribution in [0.3, 0.4) is 0 Å². The van der Waals surface area contributed by atoms with Gasteiger partial charge in [-0.2, -0.15) is 0 Å². The van der Waals surface area contributed by atoms with E-state index in [-0.39, 0.29) is 17.2 Å². The van der Waals surface area contributed by atoms with Gasteiger partial charge in [0.2, 0.25) is 5.91 Å². The molecule has 3 aromatic rings. The van der Waals surface area contributed by atoms with Crippen LogP contribution in [-0.2, 0) is 14.3 Å². The van der Waals surface area contributed by atoms with Crippen molar-refractivity contribution in [2.45, 2.75) is 4.90 Å². The van der Waals surface area contributed by atoms with Gasteiger partial charge in [0, 0.05) is 27.4 Å². The average Bonchev–Trinajstić information content (AvgIpc) is 2.83. The molecule has 0 unspecified atom stereocenters. The third kappa shape index (κ3) is 7.55. The first-order valence-corrected chi connectivity index (χ1v) is 11.2. The zero-order valence-corrected chi connectivity index (χ0v) is 19.2. The van der Waals surface area contributed by atoms with Gasteiger partial charge in [-0.05, 0) is 48.5 Å². The highest BCUT2D eigenvalue weighted by Gasteiger charge is 2.16. The normalized spacial score (nSPS) is 10.2. The molecule has 33 heavy (non-hydrogen) atoms. The monoisotopic (exact) mass is 484 g/mol. The second kappa shape index (κ2) is 11.9. The SMILES string of the molecule is COc1cccc(NC(=O)CSc2ccccc2C(=O)OCC(=O)Nc2ccc(Cl)cc2)c1. The van der Waals surface area contributed by atoms with Crippen molar-refractivity contribution < 1.29 is 23.9 Å². The molecule has 0 aromatic heterocycles. The zero-order chi connectivity index (χ0) is 23.6. The number of carbonyl (C=O) groups excluding carboxylic acids is 3. The van der Waals surface area contributed by atoms with Crippen LogP contribution in [0.15, 0.2) is 77.7 Å². The summed E-state index contributed by atoms with van der Waals surface area (Å²) in [6.07, 6.45) is 0. The lowest BCUT2D eigenvalue weighted by atomic mass is 10.2. The molecule has 0 aliphatic carbocycles. The maximum atomic E-state index is 12.5. The van der Waals surface area contributed by atoms with Crippen LogP contribution >= 0.6 is 23.4 Å². The Labute approximate surface area is 200 Å². The Balaban J connectivity index is 1.53. The Kier molecular flexibility index (Phi) is 8.74. The number of benzene rings is 3. The number of thioether (sulfide) groups is 1. The Hall–Kier alpha value is -3.49. The van der Waals surface area contributed by atoms with Crippen LogP contribution in [-0.4, -0.2) is 37.3 Å². The third-order valence-corrected chi connectivity index (χ3v) is 5.61. The highest BCUT2D eigenvalue weighted by Crippen LogP contribution is 2.24. The molecule has 0 aliphatic rings. The quantitative estimate of drug-likeness (QED) is 0.332. The fourth-order valence-electron chi connectivity index (χ4n) is 2.74. The number of amides is 2. The van der Waals surface area contributed by atoms with E-state index >= 15 is 0 Å². The molecule has 3 aromatic carbocycles. The molecule has 2 N–H and O–H groups in total. The van der Waals surface area contributed by atoms with Crippen LogP contribution in [0, 0.1) is 0 Å². The van der Waals surface area contributed by atoms with Crippen molar-refractivity contribution in [3.63, 3.8) is 0 Å². The van der Waals surface area contributed by atoms with Crippen molar-refractivity contribution in [1.82, 2.24) is 0 Å². The summed E-state index contributed by atoms with van der Waals surface area (Å²) in [6.45, 7) is -0.448. The Morgan fingerprint density at radius 3 is 2.36 bits per heavy atom. The van der Waals surface area contributed by atoms with E-state index in [1.165, 1.54) is 11.8 Å². The Morgan fingerprint density at radius 2 is 1.61 bits per heavy atom. The number of methoxy groups -OCH3 is 1. The van der Waals surface area contributed by atoms with E-state index in [9.17, 15) is 14.4 Å². The van der Waals surface area contributed by atoms with E-state index in [0.29, 0.717) is 27.0 Å². The molecule has 7 nitrogen and oxygen atoms in total. The van der Waals surface area contributed by atoms with E-state index in [0.717, 1.165) is 0 Å². The molecule has 3 rings (SSSR count). The zero-order valence-electron chi connectivity index (χ0n) is 17.7. The number of carbonyl (C=O) groups is 3. The van der Waals surface area contributed by atoms with Crippen molar-refractivity contribution in [2.75, 3.05) is 30.1 Å². The number of halogens is 1. The number of ether oxygens (including phenoxy) is 2. The molecule has 0 spiro atoms. The van der Waals surface area contributed by atoms with Gasteiger partial charge in [-0.3, -0.25) is 9.59 Å². The van der Waals surface area contributed by atoms with Gasteiger partial charge in [0.1, 0.15) is 5.75 Å². The minimum absolute atomic E-state index is 0.0819. The molecule has 0 saturated carbocycles. The molecule has 9 heteroatoms. The summed E-state index contributed by atoms with van der Waals surface area (Å²) in [5.41, 5.74) is 1.42. The van der Waals surface area contributed by atoms with Crippen molar-refractivity contribution in [3.8, 4) is 5.75 Å². The van der Waals surface area contributed by atoms with E-state index in [4.69, 9.17) is 21.1 Å². The molecule has 0 atom stereocenters. The Bertz CT molecular complexity index is 1140. The smallest absolute Gasteiger partial charge is 0.339 e.